The molecule has 17 heavy (non-hydrogen) atoms. The highest BCUT2D eigenvalue weighted by molar-refractivity contribution is 5.85. The summed E-state index contributed by atoms with van der Waals surface area (Å²) in [7, 11) is 0. The molecule has 1 aromatic carbocycles. The van der Waals surface area contributed by atoms with E-state index in [-0.39, 0.29) is 0 Å². The number of allylic oxidation sites excluding steroid dienone is 2. The lowest BCUT2D eigenvalue weighted by Crippen LogP contribution is -1.94. The number of aromatic nitrogens is 1. The first-order chi connectivity index (χ1) is 8.33. The minimum absolute atomic E-state index is 1.12. The highest BCUT2D eigenvalue weighted by Gasteiger charge is 2.04. The fraction of sp³-hybridized carbons (Fsp3) is 0.312. The van der Waals surface area contributed by atoms with Gasteiger partial charge in [-0.3, -0.25) is 4.98 Å². The molecule has 0 N–H and O–H groups in total. The molecule has 0 spiro atoms. The molecule has 0 aliphatic heterocycles. The smallest absolute Gasteiger partial charge is 0.0411 e. The third-order valence-electron chi connectivity index (χ3n) is 3.15. The van der Waals surface area contributed by atoms with Crippen LogP contribution in [0, 0.1) is 6.92 Å². The van der Waals surface area contributed by atoms with Crippen molar-refractivity contribution in [3.63, 3.8) is 0 Å². The van der Waals surface area contributed by atoms with Crippen LogP contribution in [-0.2, 0) is 6.42 Å². The molecule has 0 atom stereocenters. The van der Waals surface area contributed by atoms with Crippen molar-refractivity contribution in [1.82, 2.24) is 4.98 Å². The molecule has 2 aromatic rings. The maximum atomic E-state index is 4.49. The zero-order valence-electron chi connectivity index (χ0n) is 10.6. The van der Waals surface area contributed by atoms with Crippen LogP contribution in [0.4, 0.5) is 0 Å². The predicted octanol–water partition coefficient (Wildman–Crippen LogP) is 4.44. The Hall–Kier alpha value is -1.63. The maximum absolute atomic E-state index is 4.49. The van der Waals surface area contributed by atoms with Gasteiger partial charge in [0.05, 0.1) is 0 Å². The predicted molar refractivity (Wildman–Crippen MR) is 74.2 cm³/mol. The average molecular weight is 225 g/mol. The van der Waals surface area contributed by atoms with Gasteiger partial charge in [-0.2, -0.15) is 0 Å². The molecule has 0 radical (unpaired) electrons. The van der Waals surface area contributed by atoms with Crippen molar-refractivity contribution >= 4 is 10.8 Å². The van der Waals surface area contributed by atoms with E-state index >= 15 is 0 Å². The van der Waals surface area contributed by atoms with Crippen molar-refractivity contribution in [2.45, 2.75) is 33.1 Å². The molecule has 0 unspecified atom stereocenters. The second-order valence-corrected chi connectivity index (χ2v) is 4.37. The summed E-state index contributed by atoms with van der Waals surface area (Å²) < 4.78 is 0. The van der Waals surface area contributed by atoms with Gasteiger partial charge in [-0.15, -0.1) is 0 Å². The molecule has 0 saturated carbocycles. The number of pyridine rings is 1. The van der Waals surface area contributed by atoms with Crippen molar-refractivity contribution in [3.05, 3.63) is 53.9 Å². The van der Waals surface area contributed by atoms with E-state index in [4.69, 9.17) is 0 Å². The summed E-state index contributed by atoms with van der Waals surface area (Å²) in [5, 5.41) is 2.61. The quantitative estimate of drug-likeness (QED) is 0.553. The Balaban J connectivity index is 2.28. The van der Waals surface area contributed by atoms with Gasteiger partial charge in [0.1, 0.15) is 0 Å². The van der Waals surface area contributed by atoms with Gasteiger partial charge in [-0.05, 0) is 44.1 Å². The van der Waals surface area contributed by atoms with Crippen LogP contribution in [0.15, 0.2) is 42.6 Å². The van der Waals surface area contributed by atoms with Crippen LogP contribution in [0.1, 0.15) is 31.0 Å². The number of unbranched alkanes of at least 4 members (excludes halogenated alkanes) is 1. The molecule has 0 bridgehead atoms. The van der Waals surface area contributed by atoms with Crippen molar-refractivity contribution in [1.29, 1.82) is 0 Å². The first-order valence-electron chi connectivity index (χ1n) is 6.27. The second-order valence-electron chi connectivity index (χ2n) is 4.37. The van der Waals surface area contributed by atoms with Gasteiger partial charge in [0.15, 0.2) is 0 Å². The highest BCUT2D eigenvalue weighted by atomic mass is 14.7. The molecule has 0 aliphatic carbocycles. The van der Waals surface area contributed by atoms with Gasteiger partial charge in [-0.1, -0.05) is 36.4 Å². The number of hydrogen-bond donors (Lipinski definition) is 0. The monoisotopic (exact) mass is 225 g/mol. The SMILES string of the molecule is CC=CCCCc1c(C)ncc2ccccc12. The van der Waals surface area contributed by atoms with E-state index in [9.17, 15) is 0 Å². The number of rotatable bonds is 4. The zero-order chi connectivity index (χ0) is 12.1. The van der Waals surface area contributed by atoms with E-state index < -0.39 is 0 Å². The van der Waals surface area contributed by atoms with Crippen LogP contribution in [-0.4, -0.2) is 4.98 Å². The Morgan fingerprint density at radius 3 is 2.88 bits per heavy atom. The highest BCUT2D eigenvalue weighted by Crippen LogP contribution is 2.21. The van der Waals surface area contributed by atoms with Gasteiger partial charge in [0.2, 0.25) is 0 Å². The average Bonchev–Trinajstić information content (AvgIpc) is 2.37. The first kappa shape index (κ1) is 11.8. The van der Waals surface area contributed by atoms with E-state index in [0.717, 1.165) is 12.8 Å². The maximum Gasteiger partial charge on any atom is 0.0411 e. The minimum atomic E-state index is 1.12. The van der Waals surface area contributed by atoms with Crippen LogP contribution >= 0.6 is 0 Å². The Bertz CT molecular complexity index is 526. The molecule has 0 saturated heterocycles. The van der Waals surface area contributed by atoms with E-state index in [0.29, 0.717) is 0 Å². The molecule has 1 heterocycles. The van der Waals surface area contributed by atoms with E-state index in [1.54, 1.807) is 0 Å². The molecule has 0 amide bonds. The first-order valence-corrected chi connectivity index (χ1v) is 6.27. The Morgan fingerprint density at radius 1 is 1.24 bits per heavy atom. The molecular formula is C16H19N. The molecular weight excluding hydrogens is 206 g/mol. The van der Waals surface area contributed by atoms with Crippen molar-refractivity contribution in [2.24, 2.45) is 0 Å². The zero-order valence-corrected chi connectivity index (χ0v) is 10.6. The lowest BCUT2D eigenvalue weighted by molar-refractivity contribution is 0.836. The summed E-state index contributed by atoms with van der Waals surface area (Å²) >= 11 is 0. The number of benzene rings is 1. The third-order valence-corrected chi connectivity index (χ3v) is 3.15. The van der Waals surface area contributed by atoms with Gasteiger partial charge < -0.3 is 0 Å². The van der Waals surface area contributed by atoms with Crippen LogP contribution in [0.2, 0.25) is 0 Å². The lowest BCUT2D eigenvalue weighted by Gasteiger charge is -2.08. The van der Waals surface area contributed by atoms with Crippen molar-refractivity contribution in [3.8, 4) is 0 Å². The summed E-state index contributed by atoms with van der Waals surface area (Å²) in [6, 6.07) is 8.52. The Kier molecular flexibility index (Phi) is 3.92. The Morgan fingerprint density at radius 2 is 2.06 bits per heavy atom. The van der Waals surface area contributed by atoms with Crippen LogP contribution in [0.5, 0.6) is 0 Å². The fourth-order valence-electron chi connectivity index (χ4n) is 2.20. The molecule has 0 fully saturated rings. The molecule has 1 heteroatoms. The van der Waals surface area contributed by atoms with E-state index in [2.05, 4.69) is 55.2 Å². The topological polar surface area (TPSA) is 12.9 Å². The molecule has 0 aliphatic rings. The molecule has 2 rings (SSSR count). The largest absolute Gasteiger partial charge is 0.261 e. The van der Waals surface area contributed by atoms with Crippen LogP contribution < -0.4 is 0 Å². The van der Waals surface area contributed by atoms with Crippen LogP contribution in [0.3, 0.4) is 0 Å². The number of aryl methyl sites for hydroxylation is 2. The summed E-state index contributed by atoms with van der Waals surface area (Å²) in [5.41, 5.74) is 2.58. The Labute approximate surface area is 103 Å². The van der Waals surface area contributed by atoms with Gasteiger partial charge in [-0.25, -0.2) is 0 Å². The fourth-order valence-corrected chi connectivity index (χ4v) is 2.20. The van der Waals surface area contributed by atoms with Crippen LogP contribution in [0.25, 0.3) is 10.8 Å². The number of fused-ring (bicyclic) bond motifs is 1. The van der Waals surface area contributed by atoms with Crippen molar-refractivity contribution < 1.29 is 0 Å². The molecule has 1 nitrogen and oxygen atoms in total. The van der Waals surface area contributed by atoms with E-state index in [1.807, 2.05) is 6.20 Å². The number of nitrogens with zero attached hydrogens (tertiary/aromatic N) is 1. The lowest BCUT2D eigenvalue weighted by atomic mass is 10.00. The molecule has 88 valence electrons. The normalized spacial score (nSPS) is 11.4. The summed E-state index contributed by atoms with van der Waals surface area (Å²) in [4.78, 5) is 4.49. The van der Waals surface area contributed by atoms with Gasteiger partial charge in [0, 0.05) is 17.3 Å². The van der Waals surface area contributed by atoms with E-state index in [1.165, 1.54) is 28.5 Å². The molecule has 1 aromatic heterocycles. The minimum Gasteiger partial charge on any atom is -0.261 e. The van der Waals surface area contributed by atoms with Gasteiger partial charge in [0.25, 0.3) is 0 Å². The summed E-state index contributed by atoms with van der Waals surface area (Å²) in [6.07, 6.45) is 9.78. The second kappa shape index (κ2) is 5.62. The number of hydrogen-bond acceptors (Lipinski definition) is 1. The van der Waals surface area contributed by atoms with Gasteiger partial charge >= 0.3 is 0 Å². The third kappa shape index (κ3) is 2.73. The standard InChI is InChI=1S/C16H19N/c1-3-4-5-6-10-15-13(2)17-12-14-9-7-8-11-16(14)15/h3-4,7-9,11-12H,5-6,10H2,1-2H3. The summed E-state index contributed by atoms with van der Waals surface area (Å²) in [5.74, 6) is 0. The summed E-state index contributed by atoms with van der Waals surface area (Å²) in [6.45, 7) is 4.18. The van der Waals surface area contributed by atoms with Crippen molar-refractivity contribution in [2.75, 3.05) is 0 Å².